The fourth-order valence-electron chi connectivity index (χ4n) is 1.87. The molecule has 24 heavy (non-hydrogen) atoms. The standard InChI is InChI=1S/C16H20N4O4/c1-11(2)7-8-24-13-5-3-12(4-6-13)17-15(21)10-20-9-14(16(22)23)18-19-20/h3-6,9,11H,7-8,10H2,1-2H3,(H,17,21)(H,22,23). The summed E-state index contributed by atoms with van der Waals surface area (Å²) in [6, 6.07) is 7.06. The van der Waals surface area contributed by atoms with Crippen molar-refractivity contribution in [3.63, 3.8) is 0 Å². The molecule has 1 aromatic carbocycles. The molecule has 0 fully saturated rings. The average Bonchev–Trinajstić information content (AvgIpc) is 2.97. The van der Waals surface area contributed by atoms with Gasteiger partial charge in [-0.1, -0.05) is 19.1 Å². The number of amides is 1. The normalized spacial score (nSPS) is 10.6. The van der Waals surface area contributed by atoms with E-state index in [0.29, 0.717) is 18.2 Å². The van der Waals surface area contributed by atoms with Gasteiger partial charge in [-0.25, -0.2) is 9.48 Å². The number of carbonyl (C=O) groups excluding carboxylic acids is 1. The second-order valence-corrected chi connectivity index (χ2v) is 5.71. The van der Waals surface area contributed by atoms with Gasteiger partial charge in [-0.15, -0.1) is 5.10 Å². The van der Waals surface area contributed by atoms with Crippen LogP contribution in [0, 0.1) is 5.92 Å². The molecule has 1 heterocycles. The van der Waals surface area contributed by atoms with Crippen LogP contribution in [-0.4, -0.2) is 38.6 Å². The van der Waals surface area contributed by atoms with Gasteiger partial charge in [0, 0.05) is 5.69 Å². The van der Waals surface area contributed by atoms with E-state index in [1.165, 1.54) is 10.9 Å². The van der Waals surface area contributed by atoms with Crippen LogP contribution in [0.5, 0.6) is 5.75 Å². The summed E-state index contributed by atoms with van der Waals surface area (Å²) < 4.78 is 6.78. The maximum absolute atomic E-state index is 11.9. The van der Waals surface area contributed by atoms with Crippen molar-refractivity contribution in [2.24, 2.45) is 5.92 Å². The SMILES string of the molecule is CC(C)CCOc1ccc(NC(=O)Cn2cc(C(=O)O)nn2)cc1. The Morgan fingerprint density at radius 2 is 2.00 bits per heavy atom. The first-order valence-electron chi connectivity index (χ1n) is 7.60. The zero-order valence-electron chi connectivity index (χ0n) is 13.6. The molecule has 0 bridgehead atoms. The summed E-state index contributed by atoms with van der Waals surface area (Å²) in [6.07, 6.45) is 2.18. The highest BCUT2D eigenvalue weighted by molar-refractivity contribution is 5.90. The van der Waals surface area contributed by atoms with Gasteiger partial charge in [0.2, 0.25) is 5.91 Å². The Kier molecular flexibility index (Phi) is 5.89. The third-order valence-electron chi connectivity index (χ3n) is 3.17. The molecule has 0 aliphatic rings. The highest BCUT2D eigenvalue weighted by Crippen LogP contribution is 2.16. The van der Waals surface area contributed by atoms with Gasteiger partial charge in [-0.2, -0.15) is 0 Å². The number of hydrogen-bond acceptors (Lipinski definition) is 5. The molecule has 2 aromatic rings. The zero-order chi connectivity index (χ0) is 17.5. The van der Waals surface area contributed by atoms with Crippen molar-refractivity contribution in [3.05, 3.63) is 36.2 Å². The minimum atomic E-state index is -1.19. The number of benzene rings is 1. The lowest BCUT2D eigenvalue weighted by Gasteiger charge is -2.09. The van der Waals surface area contributed by atoms with Gasteiger partial charge in [0.05, 0.1) is 12.8 Å². The first kappa shape index (κ1) is 17.5. The molecule has 2 rings (SSSR count). The maximum Gasteiger partial charge on any atom is 0.358 e. The summed E-state index contributed by atoms with van der Waals surface area (Å²) >= 11 is 0. The highest BCUT2D eigenvalue weighted by atomic mass is 16.5. The van der Waals surface area contributed by atoms with Crippen molar-refractivity contribution in [2.75, 3.05) is 11.9 Å². The molecule has 0 saturated heterocycles. The predicted octanol–water partition coefficient (Wildman–Crippen LogP) is 2.04. The molecule has 0 radical (unpaired) electrons. The van der Waals surface area contributed by atoms with E-state index in [-0.39, 0.29) is 18.1 Å². The lowest BCUT2D eigenvalue weighted by Crippen LogP contribution is -2.19. The minimum absolute atomic E-state index is 0.118. The topological polar surface area (TPSA) is 106 Å². The molecule has 0 atom stereocenters. The lowest BCUT2D eigenvalue weighted by atomic mass is 10.1. The summed E-state index contributed by atoms with van der Waals surface area (Å²) in [4.78, 5) is 22.6. The first-order valence-corrected chi connectivity index (χ1v) is 7.60. The Morgan fingerprint density at radius 3 is 2.58 bits per heavy atom. The van der Waals surface area contributed by atoms with Crippen molar-refractivity contribution in [2.45, 2.75) is 26.8 Å². The number of carboxylic acid groups (broad SMARTS) is 1. The average molecular weight is 332 g/mol. The summed E-state index contributed by atoms with van der Waals surface area (Å²) in [5.74, 6) is -0.182. The van der Waals surface area contributed by atoms with Crippen LogP contribution in [0.4, 0.5) is 5.69 Å². The van der Waals surface area contributed by atoms with Crippen molar-refractivity contribution in [1.29, 1.82) is 0 Å². The molecular formula is C16H20N4O4. The van der Waals surface area contributed by atoms with Crippen molar-refractivity contribution >= 4 is 17.6 Å². The first-order chi connectivity index (χ1) is 11.4. The quantitative estimate of drug-likeness (QED) is 0.766. The third kappa shape index (κ3) is 5.38. The van der Waals surface area contributed by atoms with Crippen LogP contribution in [-0.2, 0) is 11.3 Å². The van der Waals surface area contributed by atoms with Gasteiger partial charge in [-0.05, 0) is 36.6 Å². The van der Waals surface area contributed by atoms with Gasteiger partial charge < -0.3 is 15.2 Å². The molecule has 2 N–H and O–H groups in total. The van der Waals surface area contributed by atoms with Crippen LogP contribution in [0.15, 0.2) is 30.5 Å². The number of aromatic nitrogens is 3. The Hall–Kier alpha value is -2.90. The summed E-state index contributed by atoms with van der Waals surface area (Å²) in [5.41, 5.74) is 0.417. The number of nitrogens with zero attached hydrogens (tertiary/aromatic N) is 3. The van der Waals surface area contributed by atoms with E-state index >= 15 is 0 Å². The highest BCUT2D eigenvalue weighted by Gasteiger charge is 2.10. The Balaban J connectivity index is 1.83. The van der Waals surface area contributed by atoms with Crippen LogP contribution >= 0.6 is 0 Å². The molecule has 0 unspecified atom stereocenters. The number of aromatic carboxylic acids is 1. The molecule has 0 saturated carbocycles. The molecule has 128 valence electrons. The Labute approximate surface area is 139 Å². The number of nitrogens with one attached hydrogen (secondary N) is 1. The van der Waals surface area contributed by atoms with Crippen LogP contribution in [0.3, 0.4) is 0 Å². The molecule has 8 nitrogen and oxygen atoms in total. The fourth-order valence-corrected chi connectivity index (χ4v) is 1.87. The Bertz CT molecular complexity index is 694. The predicted molar refractivity (Wildman–Crippen MR) is 87.0 cm³/mol. The second kappa shape index (κ2) is 8.09. The number of carbonyl (C=O) groups is 2. The summed E-state index contributed by atoms with van der Waals surface area (Å²) in [5, 5.41) is 18.5. The Morgan fingerprint density at radius 1 is 1.29 bits per heavy atom. The van der Waals surface area contributed by atoms with Crippen molar-refractivity contribution in [3.8, 4) is 5.75 Å². The molecule has 0 aliphatic heterocycles. The van der Waals surface area contributed by atoms with Gasteiger partial charge in [0.1, 0.15) is 12.3 Å². The summed E-state index contributed by atoms with van der Waals surface area (Å²) in [6.45, 7) is 4.81. The number of rotatable bonds is 8. The molecule has 8 heteroatoms. The largest absolute Gasteiger partial charge is 0.494 e. The van der Waals surface area contributed by atoms with Crippen molar-refractivity contribution < 1.29 is 19.4 Å². The molecule has 1 amide bonds. The van der Waals surface area contributed by atoms with Gasteiger partial charge in [-0.3, -0.25) is 4.79 Å². The van der Waals surface area contributed by atoms with Crippen LogP contribution < -0.4 is 10.1 Å². The summed E-state index contributed by atoms with van der Waals surface area (Å²) in [7, 11) is 0. The van der Waals surface area contributed by atoms with E-state index in [2.05, 4.69) is 29.5 Å². The third-order valence-corrected chi connectivity index (χ3v) is 3.17. The number of anilines is 1. The molecular weight excluding hydrogens is 312 g/mol. The van der Waals surface area contributed by atoms with Crippen LogP contribution in [0.1, 0.15) is 30.8 Å². The van der Waals surface area contributed by atoms with Gasteiger partial charge in [0.15, 0.2) is 5.69 Å². The van der Waals surface area contributed by atoms with E-state index < -0.39 is 5.97 Å². The fraction of sp³-hybridized carbons (Fsp3) is 0.375. The monoisotopic (exact) mass is 332 g/mol. The van der Waals surface area contributed by atoms with Gasteiger partial charge in [0.25, 0.3) is 0 Å². The number of carboxylic acids is 1. The van der Waals surface area contributed by atoms with Crippen LogP contribution in [0.2, 0.25) is 0 Å². The zero-order valence-corrected chi connectivity index (χ0v) is 13.6. The molecule has 0 aliphatic carbocycles. The minimum Gasteiger partial charge on any atom is -0.494 e. The van der Waals surface area contributed by atoms with Crippen molar-refractivity contribution in [1.82, 2.24) is 15.0 Å². The van der Waals surface area contributed by atoms with E-state index in [1.54, 1.807) is 24.3 Å². The second-order valence-electron chi connectivity index (χ2n) is 5.71. The van der Waals surface area contributed by atoms with E-state index in [1.807, 2.05) is 0 Å². The van der Waals surface area contributed by atoms with Gasteiger partial charge >= 0.3 is 5.97 Å². The maximum atomic E-state index is 11.9. The molecule has 0 spiro atoms. The van der Waals surface area contributed by atoms with E-state index in [4.69, 9.17) is 9.84 Å². The molecule has 1 aromatic heterocycles. The number of ether oxygens (including phenoxy) is 1. The van der Waals surface area contributed by atoms with E-state index in [9.17, 15) is 9.59 Å². The number of hydrogen-bond donors (Lipinski definition) is 2. The van der Waals surface area contributed by atoms with Crippen LogP contribution in [0.25, 0.3) is 0 Å². The smallest absolute Gasteiger partial charge is 0.358 e. The lowest BCUT2D eigenvalue weighted by molar-refractivity contribution is -0.116. The van der Waals surface area contributed by atoms with E-state index in [0.717, 1.165) is 12.2 Å².